The molecule has 2 aromatic rings. The van der Waals surface area contributed by atoms with Gasteiger partial charge in [-0.1, -0.05) is 6.07 Å². The van der Waals surface area contributed by atoms with E-state index < -0.39 is 5.25 Å². The van der Waals surface area contributed by atoms with Crippen LogP contribution in [0.25, 0.3) is 0 Å². The standard InChI is InChI=1S/C18H16N2O3S/c1-11(21)12-5-7-14(8-6-12)20-17(22)10-16(18(20)23)24-15-4-2-3-13(19)9-15/h2-9,16H,10,19H2,1H3/t16-/m0/s1. The van der Waals surface area contributed by atoms with E-state index in [0.717, 1.165) is 4.90 Å². The van der Waals surface area contributed by atoms with Crippen molar-refractivity contribution in [2.75, 3.05) is 10.6 Å². The Morgan fingerprint density at radius 2 is 1.88 bits per heavy atom. The topological polar surface area (TPSA) is 80.5 Å². The lowest BCUT2D eigenvalue weighted by Gasteiger charge is -2.15. The quantitative estimate of drug-likeness (QED) is 0.526. The number of benzene rings is 2. The first kappa shape index (κ1) is 16.3. The van der Waals surface area contributed by atoms with Crippen LogP contribution in [0.15, 0.2) is 53.4 Å². The number of carbonyl (C=O) groups is 3. The number of thioether (sulfide) groups is 1. The van der Waals surface area contributed by atoms with Crippen molar-refractivity contribution in [1.82, 2.24) is 0 Å². The van der Waals surface area contributed by atoms with Gasteiger partial charge in [0, 0.05) is 22.6 Å². The maximum Gasteiger partial charge on any atom is 0.247 e. The SMILES string of the molecule is CC(=O)c1ccc(N2C(=O)C[C@H](Sc3cccc(N)c3)C2=O)cc1. The number of carbonyl (C=O) groups excluding carboxylic acids is 3. The van der Waals surface area contributed by atoms with Crippen molar-refractivity contribution in [2.45, 2.75) is 23.5 Å². The molecular weight excluding hydrogens is 324 g/mol. The van der Waals surface area contributed by atoms with Crippen LogP contribution in [0.5, 0.6) is 0 Å². The molecule has 122 valence electrons. The molecule has 1 heterocycles. The van der Waals surface area contributed by atoms with Crippen molar-refractivity contribution in [3.8, 4) is 0 Å². The number of amides is 2. The van der Waals surface area contributed by atoms with Gasteiger partial charge in [-0.2, -0.15) is 0 Å². The number of Topliss-reactive ketones (excluding diaryl/α,β-unsaturated/α-hetero) is 1. The largest absolute Gasteiger partial charge is 0.399 e. The fourth-order valence-corrected chi connectivity index (χ4v) is 3.69. The molecule has 6 heteroatoms. The molecule has 1 fully saturated rings. The maximum atomic E-state index is 12.6. The minimum Gasteiger partial charge on any atom is -0.399 e. The first-order chi connectivity index (χ1) is 11.5. The van der Waals surface area contributed by atoms with Crippen LogP contribution in [-0.2, 0) is 9.59 Å². The zero-order chi connectivity index (χ0) is 17.3. The number of nitrogens with zero attached hydrogens (tertiary/aromatic N) is 1. The molecule has 2 N–H and O–H groups in total. The molecule has 0 radical (unpaired) electrons. The molecule has 5 nitrogen and oxygen atoms in total. The van der Waals surface area contributed by atoms with E-state index >= 15 is 0 Å². The van der Waals surface area contributed by atoms with E-state index in [9.17, 15) is 14.4 Å². The highest BCUT2D eigenvalue weighted by Crippen LogP contribution is 2.34. The molecule has 0 unspecified atom stereocenters. The molecule has 1 saturated heterocycles. The average Bonchev–Trinajstić information content (AvgIpc) is 2.81. The predicted molar refractivity (Wildman–Crippen MR) is 94.1 cm³/mol. The summed E-state index contributed by atoms with van der Waals surface area (Å²) in [4.78, 5) is 38.3. The lowest BCUT2D eigenvalue weighted by molar-refractivity contribution is -0.121. The van der Waals surface area contributed by atoms with Gasteiger partial charge < -0.3 is 5.73 Å². The highest BCUT2D eigenvalue weighted by molar-refractivity contribution is 8.00. The number of rotatable bonds is 4. The molecule has 0 spiro atoms. The molecule has 24 heavy (non-hydrogen) atoms. The summed E-state index contributed by atoms with van der Waals surface area (Å²) in [5.74, 6) is -0.546. The van der Waals surface area contributed by atoms with Gasteiger partial charge >= 0.3 is 0 Å². The van der Waals surface area contributed by atoms with Crippen LogP contribution in [0, 0.1) is 0 Å². The zero-order valence-corrected chi connectivity index (χ0v) is 13.9. The monoisotopic (exact) mass is 340 g/mol. The highest BCUT2D eigenvalue weighted by atomic mass is 32.2. The Morgan fingerprint density at radius 1 is 1.17 bits per heavy atom. The second-order valence-electron chi connectivity index (χ2n) is 5.55. The third kappa shape index (κ3) is 3.19. The van der Waals surface area contributed by atoms with Gasteiger partial charge in [0.15, 0.2) is 5.78 Å². The van der Waals surface area contributed by atoms with Crippen molar-refractivity contribution >= 4 is 40.7 Å². The Balaban J connectivity index is 1.80. The van der Waals surface area contributed by atoms with Crippen molar-refractivity contribution in [3.63, 3.8) is 0 Å². The molecule has 2 amide bonds. The van der Waals surface area contributed by atoms with E-state index in [0.29, 0.717) is 16.9 Å². The van der Waals surface area contributed by atoms with Gasteiger partial charge in [-0.25, -0.2) is 4.90 Å². The van der Waals surface area contributed by atoms with E-state index in [4.69, 9.17) is 5.73 Å². The summed E-state index contributed by atoms with van der Waals surface area (Å²) >= 11 is 1.34. The molecule has 1 aliphatic heterocycles. The number of imide groups is 1. The van der Waals surface area contributed by atoms with Crippen LogP contribution < -0.4 is 10.6 Å². The number of hydrogen-bond donors (Lipinski definition) is 1. The van der Waals surface area contributed by atoms with E-state index in [2.05, 4.69) is 0 Å². The predicted octanol–water partition coefficient (Wildman–Crippen LogP) is 2.90. The molecule has 1 atom stereocenters. The summed E-state index contributed by atoms with van der Waals surface area (Å²) in [6.07, 6.45) is 0.146. The third-order valence-corrected chi connectivity index (χ3v) is 4.95. The number of nitrogens with two attached hydrogens (primary N) is 1. The Bertz CT molecular complexity index is 817. The van der Waals surface area contributed by atoms with Crippen molar-refractivity contribution in [3.05, 3.63) is 54.1 Å². The minimum absolute atomic E-state index is 0.0595. The van der Waals surface area contributed by atoms with Crippen molar-refractivity contribution < 1.29 is 14.4 Å². The molecule has 1 aliphatic rings. The number of anilines is 2. The molecule has 0 aromatic heterocycles. The Kier molecular flexibility index (Phi) is 4.40. The van der Waals surface area contributed by atoms with E-state index in [-0.39, 0.29) is 24.0 Å². The number of ketones is 1. The summed E-state index contributed by atoms with van der Waals surface area (Å²) < 4.78 is 0. The summed E-state index contributed by atoms with van der Waals surface area (Å²) in [6.45, 7) is 1.47. The fraction of sp³-hybridized carbons (Fsp3) is 0.167. The Hall–Kier alpha value is -2.60. The molecule has 0 bridgehead atoms. The Labute approximate surface area is 143 Å². The van der Waals surface area contributed by atoms with Crippen molar-refractivity contribution in [1.29, 1.82) is 0 Å². The maximum absolute atomic E-state index is 12.6. The lowest BCUT2D eigenvalue weighted by atomic mass is 10.1. The normalized spacial score (nSPS) is 17.4. The highest BCUT2D eigenvalue weighted by Gasteiger charge is 2.40. The minimum atomic E-state index is -0.466. The first-order valence-corrected chi connectivity index (χ1v) is 8.33. The summed E-state index contributed by atoms with van der Waals surface area (Å²) in [5.41, 5.74) is 7.40. The molecule has 0 aliphatic carbocycles. The third-order valence-electron chi connectivity index (χ3n) is 3.77. The number of nitrogen functional groups attached to an aromatic ring is 1. The summed E-state index contributed by atoms with van der Waals surface area (Å²) in [6, 6.07) is 13.7. The lowest BCUT2D eigenvalue weighted by Crippen LogP contribution is -2.31. The van der Waals surface area contributed by atoms with Gasteiger partial charge in [-0.3, -0.25) is 14.4 Å². The summed E-state index contributed by atoms with van der Waals surface area (Å²) in [7, 11) is 0. The van der Waals surface area contributed by atoms with Gasteiger partial charge in [-0.05, 0) is 49.4 Å². The first-order valence-electron chi connectivity index (χ1n) is 7.45. The molecule has 3 rings (SSSR count). The van der Waals surface area contributed by atoms with Gasteiger partial charge in [0.05, 0.1) is 10.9 Å². The fourth-order valence-electron chi connectivity index (χ4n) is 2.56. The molecular formula is C18H16N2O3S. The van der Waals surface area contributed by atoms with Crippen LogP contribution in [0.3, 0.4) is 0 Å². The van der Waals surface area contributed by atoms with Crippen LogP contribution in [0.4, 0.5) is 11.4 Å². The second-order valence-corrected chi connectivity index (χ2v) is 6.83. The molecule has 2 aromatic carbocycles. The van der Waals surface area contributed by atoms with Crippen LogP contribution in [0.1, 0.15) is 23.7 Å². The van der Waals surface area contributed by atoms with Crippen molar-refractivity contribution in [2.24, 2.45) is 0 Å². The van der Waals surface area contributed by atoms with Crippen LogP contribution in [-0.4, -0.2) is 22.8 Å². The second kappa shape index (κ2) is 6.49. The van der Waals surface area contributed by atoms with Gasteiger partial charge in [-0.15, -0.1) is 11.8 Å². The number of hydrogen-bond acceptors (Lipinski definition) is 5. The van der Waals surface area contributed by atoms with Gasteiger partial charge in [0.1, 0.15) is 0 Å². The smallest absolute Gasteiger partial charge is 0.247 e. The van der Waals surface area contributed by atoms with E-state index in [1.54, 1.807) is 36.4 Å². The van der Waals surface area contributed by atoms with Gasteiger partial charge in [0.25, 0.3) is 0 Å². The molecule has 0 saturated carbocycles. The van der Waals surface area contributed by atoms with Crippen LogP contribution in [0.2, 0.25) is 0 Å². The van der Waals surface area contributed by atoms with E-state index in [1.165, 1.54) is 23.6 Å². The average molecular weight is 340 g/mol. The van der Waals surface area contributed by atoms with E-state index in [1.807, 2.05) is 12.1 Å². The van der Waals surface area contributed by atoms with Gasteiger partial charge in [0.2, 0.25) is 11.8 Å². The zero-order valence-electron chi connectivity index (χ0n) is 13.1. The summed E-state index contributed by atoms with van der Waals surface area (Å²) in [5, 5.41) is -0.466. The van der Waals surface area contributed by atoms with Crippen LogP contribution >= 0.6 is 11.8 Å². The Morgan fingerprint density at radius 3 is 2.50 bits per heavy atom.